The number of phosphoric ester groups is 1. The molecule has 14 heteroatoms. The molecule has 2 heterocycles. The van der Waals surface area contributed by atoms with Crippen molar-refractivity contribution in [1.29, 1.82) is 0 Å². The standard InChI is InChI=1S/C33H38N3O10P/c1-22-20-36(32(38)35-31(22)37)30-19-28(29(45-30)21-44-47(39,40)43-18-17-34)46-33(23-7-5-4-6-8-23,24-9-13-26(41-2)14-10-24)25-11-15-27(42-3)16-12-25/h4-16,20,28-30H,17-19,21,34H2,1-3H3,(H,39,40)(H,35,37,38)/t28-,29+,30+/m0/s1. The van der Waals surface area contributed by atoms with E-state index >= 15 is 0 Å². The van der Waals surface area contributed by atoms with Crippen LogP contribution in [0.5, 0.6) is 11.5 Å². The van der Waals surface area contributed by atoms with Gasteiger partial charge in [-0.1, -0.05) is 54.6 Å². The molecule has 0 aliphatic carbocycles. The van der Waals surface area contributed by atoms with E-state index in [1.807, 2.05) is 78.9 Å². The first-order chi connectivity index (χ1) is 22.6. The average molecular weight is 668 g/mol. The van der Waals surface area contributed by atoms with Crippen LogP contribution in [-0.2, 0) is 28.7 Å². The molecular weight excluding hydrogens is 629 g/mol. The molecule has 1 aromatic heterocycles. The van der Waals surface area contributed by atoms with E-state index in [-0.39, 0.29) is 19.6 Å². The number of rotatable bonds is 14. The molecule has 1 unspecified atom stereocenters. The van der Waals surface area contributed by atoms with Crippen LogP contribution in [-0.4, -0.2) is 60.6 Å². The van der Waals surface area contributed by atoms with Crippen LogP contribution in [0.4, 0.5) is 0 Å². The number of nitrogens with one attached hydrogen (secondary N) is 1. The zero-order chi connectivity index (χ0) is 33.6. The predicted molar refractivity (Wildman–Crippen MR) is 173 cm³/mol. The average Bonchev–Trinajstić information content (AvgIpc) is 3.49. The highest BCUT2D eigenvalue weighted by Crippen LogP contribution is 2.47. The minimum absolute atomic E-state index is 0.0133. The van der Waals surface area contributed by atoms with Gasteiger partial charge in [-0.3, -0.25) is 23.4 Å². The molecule has 0 saturated carbocycles. The second kappa shape index (κ2) is 14.8. The second-order valence-corrected chi connectivity index (χ2v) is 12.3. The summed E-state index contributed by atoms with van der Waals surface area (Å²) in [5.41, 5.74) is 5.53. The monoisotopic (exact) mass is 667 g/mol. The van der Waals surface area contributed by atoms with E-state index in [0.717, 1.165) is 16.7 Å². The van der Waals surface area contributed by atoms with E-state index in [1.165, 1.54) is 10.8 Å². The zero-order valence-electron chi connectivity index (χ0n) is 26.2. The Kier molecular flexibility index (Phi) is 10.8. The lowest BCUT2D eigenvalue weighted by atomic mass is 9.79. The number of H-pyrrole nitrogens is 1. The van der Waals surface area contributed by atoms with Gasteiger partial charge in [0, 0.05) is 24.7 Å². The first-order valence-corrected chi connectivity index (χ1v) is 16.4. The van der Waals surface area contributed by atoms with E-state index in [2.05, 4.69) is 4.98 Å². The third-order valence-electron chi connectivity index (χ3n) is 7.91. The van der Waals surface area contributed by atoms with Crippen LogP contribution in [0.1, 0.15) is 34.9 Å². The molecule has 0 spiro atoms. The van der Waals surface area contributed by atoms with Crippen LogP contribution >= 0.6 is 7.82 Å². The molecule has 0 bridgehead atoms. The van der Waals surface area contributed by atoms with Gasteiger partial charge in [0.2, 0.25) is 0 Å². The highest BCUT2D eigenvalue weighted by Gasteiger charge is 2.47. The smallest absolute Gasteiger partial charge is 0.472 e. The van der Waals surface area contributed by atoms with Crippen LogP contribution in [0.15, 0.2) is 94.6 Å². The van der Waals surface area contributed by atoms with Gasteiger partial charge < -0.3 is 29.6 Å². The third-order valence-corrected chi connectivity index (χ3v) is 8.90. The molecule has 4 atom stereocenters. The van der Waals surface area contributed by atoms with Crippen LogP contribution < -0.4 is 26.5 Å². The van der Waals surface area contributed by atoms with Gasteiger partial charge in [0.05, 0.1) is 33.5 Å². The number of hydrogen-bond donors (Lipinski definition) is 3. The third kappa shape index (κ3) is 7.58. The van der Waals surface area contributed by atoms with Gasteiger partial charge >= 0.3 is 13.5 Å². The summed E-state index contributed by atoms with van der Waals surface area (Å²) in [6, 6.07) is 24.5. The van der Waals surface area contributed by atoms with Gasteiger partial charge in [-0.05, 0) is 47.9 Å². The van der Waals surface area contributed by atoms with Crippen molar-refractivity contribution in [1.82, 2.24) is 9.55 Å². The Morgan fingerprint density at radius 3 is 2.06 bits per heavy atom. The maximum absolute atomic E-state index is 12.9. The molecule has 0 amide bonds. The molecule has 250 valence electrons. The lowest BCUT2D eigenvalue weighted by molar-refractivity contribution is -0.0988. The Balaban J connectivity index is 1.64. The van der Waals surface area contributed by atoms with Crippen molar-refractivity contribution in [2.45, 2.75) is 37.4 Å². The van der Waals surface area contributed by atoms with Gasteiger partial charge in [-0.15, -0.1) is 0 Å². The van der Waals surface area contributed by atoms with Crippen molar-refractivity contribution < 1.29 is 37.5 Å². The molecular formula is C33H38N3O10P. The number of nitrogens with two attached hydrogens (primary N) is 1. The quantitative estimate of drug-likeness (QED) is 0.132. The molecule has 47 heavy (non-hydrogen) atoms. The minimum Gasteiger partial charge on any atom is -0.497 e. The van der Waals surface area contributed by atoms with Gasteiger partial charge in [0.15, 0.2) is 0 Å². The Morgan fingerprint density at radius 2 is 1.51 bits per heavy atom. The molecule has 1 fully saturated rings. The Labute approximate surface area is 271 Å². The largest absolute Gasteiger partial charge is 0.497 e. The van der Waals surface area contributed by atoms with Crippen LogP contribution in [0.3, 0.4) is 0 Å². The highest BCUT2D eigenvalue weighted by molar-refractivity contribution is 7.47. The number of phosphoric acid groups is 1. The number of aromatic amines is 1. The Bertz CT molecular complexity index is 1750. The van der Waals surface area contributed by atoms with Crippen LogP contribution in [0, 0.1) is 6.92 Å². The maximum Gasteiger partial charge on any atom is 0.472 e. The van der Waals surface area contributed by atoms with Crippen molar-refractivity contribution >= 4 is 7.82 Å². The Hall–Kier alpha value is -4.07. The SMILES string of the molecule is COc1ccc(C(O[C@H]2C[C@H](n3cc(C)c(=O)[nH]c3=O)O[C@@H]2COP(=O)(O)OCCN)(c2ccccc2)c2ccc(OC)cc2)cc1. The summed E-state index contributed by atoms with van der Waals surface area (Å²) in [6.45, 7) is 0.967. The maximum atomic E-state index is 12.9. The summed E-state index contributed by atoms with van der Waals surface area (Å²) in [5.74, 6) is 1.29. The van der Waals surface area contributed by atoms with Crippen molar-refractivity contribution in [2.75, 3.05) is 34.0 Å². The number of methoxy groups -OCH3 is 2. The van der Waals surface area contributed by atoms with Gasteiger partial charge in [0.25, 0.3) is 5.56 Å². The number of nitrogens with zero attached hydrogens (tertiary/aromatic N) is 1. The van der Waals surface area contributed by atoms with E-state index in [9.17, 15) is 19.0 Å². The van der Waals surface area contributed by atoms with Gasteiger partial charge in [0.1, 0.15) is 29.4 Å². The van der Waals surface area contributed by atoms with E-state index in [0.29, 0.717) is 17.1 Å². The van der Waals surface area contributed by atoms with E-state index in [4.69, 9.17) is 33.7 Å². The van der Waals surface area contributed by atoms with Crippen molar-refractivity contribution in [3.05, 3.63) is 128 Å². The Morgan fingerprint density at radius 1 is 0.936 bits per heavy atom. The van der Waals surface area contributed by atoms with Crippen molar-refractivity contribution in [3.8, 4) is 11.5 Å². The van der Waals surface area contributed by atoms with Crippen molar-refractivity contribution in [3.63, 3.8) is 0 Å². The molecule has 5 rings (SSSR count). The van der Waals surface area contributed by atoms with Gasteiger partial charge in [-0.25, -0.2) is 9.36 Å². The normalized spacial score (nSPS) is 19.3. The van der Waals surface area contributed by atoms with Crippen LogP contribution in [0.2, 0.25) is 0 Å². The molecule has 1 saturated heterocycles. The first-order valence-electron chi connectivity index (χ1n) is 14.9. The minimum atomic E-state index is -4.51. The lowest BCUT2D eigenvalue weighted by Crippen LogP contribution is -2.41. The summed E-state index contributed by atoms with van der Waals surface area (Å²) in [7, 11) is -1.34. The highest BCUT2D eigenvalue weighted by atomic mass is 31.2. The number of aryl methyl sites for hydroxylation is 1. The summed E-state index contributed by atoms with van der Waals surface area (Å²) in [6.07, 6.45) is -1.21. The molecule has 1 aliphatic heterocycles. The molecule has 4 aromatic rings. The first kappa shape index (κ1) is 34.3. The summed E-state index contributed by atoms with van der Waals surface area (Å²) < 4.78 is 48.6. The fourth-order valence-corrected chi connectivity index (χ4v) is 6.32. The number of ether oxygens (including phenoxy) is 4. The summed E-state index contributed by atoms with van der Waals surface area (Å²) in [5, 5.41) is 0. The topological polar surface area (TPSA) is 174 Å². The van der Waals surface area contributed by atoms with Crippen LogP contribution in [0.25, 0.3) is 0 Å². The molecule has 3 aromatic carbocycles. The number of aromatic nitrogens is 2. The molecule has 4 N–H and O–H groups in total. The van der Waals surface area contributed by atoms with Crippen molar-refractivity contribution in [2.24, 2.45) is 5.73 Å². The molecule has 0 radical (unpaired) electrons. The fourth-order valence-electron chi connectivity index (χ4n) is 5.57. The fraction of sp³-hybridized carbons (Fsp3) is 0.333. The summed E-state index contributed by atoms with van der Waals surface area (Å²) in [4.78, 5) is 37.6. The van der Waals surface area contributed by atoms with E-state index < -0.39 is 49.7 Å². The summed E-state index contributed by atoms with van der Waals surface area (Å²) >= 11 is 0. The van der Waals surface area contributed by atoms with E-state index in [1.54, 1.807) is 21.1 Å². The number of benzene rings is 3. The van der Waals surface area contributed by atoms with Gasteiger partial charge in [-0.2, -0.15) is 0 Å². The zero-order valence-corrected chi connectivity index (χ0v) is 27.1. The molecule has 1 aliphatic rings. The molecule has 13 nitrogen and oxygen atoms in total. The predicted octanol–water partition coefficient (Wildman–Crippen LogP) is 3.62. The second-order valence-electron chi connectivity index (χ2n) is 10.9. The number of hydrogen-bond acceptors (Lipinski definition) is 10. The lowest BCUT2D eigenvalue weighted by Gasteiger charge is -2.39.